The van der Waals surface area contributed by atoms with Crippen LogP contribution in [-0.2, 0) is 23.0 Å². The number of nitrogens with zero attached hydrogens (tertiary/aromatic N) is 1. The van der Waals surface area contributed by atoms with Gasteiger partial charge >= 0.3 is 5.97 Å². The maximum Gasteiger partial charge on any atom is 0.352 e. The molecular weight excluding hydrogens is 312 g/mol. The molecule has 0 atom stereocenters. The largest absolute Gasteiger partial charge is 0.477 e. The molecule has 0 fully saturated rings. The van der Waals surface area contributed by atoms with Gasteiger partial charge in [0.1, 0.15) is 10.6 Å². The van der Waals surface area contributed by atoms with Crippen LogP contribution in [0.5, 0.6) is 0 Å². The zero-order valence-electron chi connectivity index (χ0n) is 11.4. The highest BCUT2D eigenvalue weighted by molar-refractivity contribution is 7.89. The van der Waals surface area contributed by atoms with Gasteiger partial charge in [0.25, 0.3) is 0 Å². The first-order chi connectivity index (χ1) is 9.94. The number of rotatable bonds is 7. The summed E-state index contributed by atoms with van der Waals surface area (Å²) >= 11 is 1.57. The third-order valence-corrected chi connectivity index (χ3v) is 5.35. The van der Waals surface area contributed by atoms with Crippen LogP contribution >= 0.6 is 11.3 Å². The van der Waals surface area contributed by atoms with E-state index in [4.69, 9.17) is 5.11 Å². The molecule has 2 N–H and O–H groups in total. The van der Waals surface area contributed by atoms with Gasteiger partial charge in [0.05, 0.1) is 0 Å². The molecule has 0 aromatic carbocycles. The van der Waals surface area contributed by atoms with Crippen molar-refractivity contribution in [3.8, 4) is 0 Å². The second-order valence-corrected chi connectivity index (χ2v) is 7.18. The number of carbonyl (C=O) groups is 1. The number of carboxylic acid groups (broad SMARTS) is 1. The summed E-state index contributed by atoms with van der Waals surface area (Å²) in [4.78, 5) is 12.1. The zero-order chi connectivity index (χ0) is 15.5. The Kier molecular flexibility index (Phi) is 4.81. The molecule has 0 unspecified atom stereocenters. The van der Waals surface area contributed by atoms with E-state index in [0.717, 1.165) is 4.88 Å². The Bertz CT molecular complexity index is 717. The number of aromatic carboxylic acids is 1. The first-order valence-electron chi connectivity index (χ1n) is 6.39. The van der Waals surface area contributed by atoms with E-state index >= 15 is 0 Å². The van der Waals surface area contributed by atoms with Crippen molar-refractivity contribution in [2.75, 3.05) is 6.54 Å². The van der Waals surface area contributed by atoms with Gasteiger partial charge in [-0.15, -0.1) is 11.3 Å². The Hall–Kier alpha value is -1.64. The Morgan fingerprint density at radius 2 is 2.24 bits per heavy atom. The van der Waals surface area contributed by atoms with E-state index in [1.54, 1.807) is 18.3 Å². The van der Waals surface area contributed by atoms with E-state index in [1.165, 1.54) is 16.8 Å². The van der Waals surface area contributed by atoms with Crippen LogP contribution in [0.3, 0.4) is 0 Å². The SMILES string of the molecule is CCn1cc(S(=O)(=O)NCCc2cccs2)cc1C(=O)O. The van der Waals surface area contributed by atoms with Crippen LogP contribution in [-0.4, -0.2) is 30.6 Å². The maximum absolute atomic E-state index is 12.2. The van der Waals surface area contributed by atoms with Crippen LogP contribution in [0.25, 0.3) is 0 Å². The summed E-state index contributed by atoms with van der Waals surface area (Å²) in [5, 5.41) is 11.0. The normalized spacial score (nSPS) is 11.7. The molecule has 0 spiro atoms. The number of hydrogen-bond donors (Lipinski definition) is 2. The number of nitrogens with one attached hydrogen (secondary N) is 1. The van der Waals surface area contributed by atoms with Gasteiger partial charge in [0, 0.05) is 24.2 Å². The topological polar surface area (TPSA) is 88.4 Å². The summed E-state index contributed by atoms with van der Waals surface area (Å²) < 4.78 is 28.2. The molecule has 0 radical (unpaired) electrons. The first kappa shape index (κ1) is 15.7. The number of aryl methyl sites for hydroxylation is 1. The Morgan fingerprint density at radius 3 is 2.76 bits per heavy atom. The second kappa shape index (κ2) is 6.42. The fourth-order valence-electron chi connectivity index (χ4n) is 1.92. The standard InChI is InChI=1S/C13H16N2O4S2/c1-2-15-9-11(8-12(15)13(16)17)21(18,19)14-6-5-10-4-3-7-20-10/h3-4,7-9,14H,2,5-6H2,1H3,(H,16,17). The van der Waals surface area contributed by atoms with Crippen molar-refractivity contribution in [1.82, 2.24) is 9.29 Å². The van der Waals surface area contributed by atoms with Gasteiger partial charge in [-0.25, -0.2) is 17.9 Å². The van der Waals surface area contributed by atoms with Gasteiger partial charge < -0.3 is 9.67 Å². The van der Waals surface area contributed by atoms with E-state index < -0.39 is 16.0 Å². The highest BCUT2D eigenvalue weighted by Crippen LogP contribution is 2.15. The van der Waals surface area contributed by atoms with Crippen LogP contribution in [0.15, 0.2) is 34.7 Å². The van der Waals surface area contributed by atoms with Crippen molar-refractivity contribution >= 4 is 27.3 Å². The lowest BCUT2D eigenvalue weighted by Gasteiger charge is -2.03. The van der Waals surface area contributed by atoms with Gasteiger partial charge in [0.2, 0.25) is 10.0 Å². The molecule has 0 bridgehead atoms. The Labute approximate surface area is 127 Å². The number of carboxylic acids is 1. The zero-order valence-corrected chi connectivity index (χ0v) is 13.1. The minimum absolute atomic E-state index is 0.0204. The minimum atomic E-state index is -3.69. The molecule has 21 heavy (non-hydrogen) atoms. The summed E-state index contributed by atoms with van der Waals surface area (Å²) in [6.45, 7) is 2.43. The third-order valence-electron chi connectivity index (χ3n) is 2.99. The van der Waals surface area contributed by atoms with E-state index in [0.29, 0.717) is 13.0 Å². The van der Waals surface area contributed by atoms with E-state index in [2.05, 4.69) is 4.72 Å². The smallest absolute Gasteiger partial charge is 0.352 e. The lowest BCUT2D eigenvalue weighted by Crippen LogP contribution is -2.25. The monoisotopic (exact) mass is 328 g/mol. The van der Waals surface area contributed by atoms with Crippen LogP contribution in [0.2, 0.25) is 0 Å². The van der Waals surface area contributed by atoms with Crippen LogP contribution in [0, 0.1) is 0 Å². The first-order valence-corrected chi connectivity index (χ1v) is 8.76. The van der Waals surface area contributed by atoms with Gasteiger partial charge in [-0.2, -0.15) is 0 Å². The lowest BCUT2D eigenvalue weighted by atomic mass is 10.3. The van der Waals surface area contributed by atoms with Crippen molar-refractivity contribution in [1.29, 1.82) is 0 Å². The van der Waals surface area contributed by atoms with Crippen LogP contribution in [0.1, 0.15) is 22.3 Å². The summed E-state index contributed by atoms with van der Waals surface area (Å²) in [5.74, 6) is -1.14. The molecule has 0 aliphatic rings. The molecule has 0 saturated heterocycles. The van der Waals surface area contributed by atoms with Crippen LogP contribution in [0.4, 0.5) is 0 Å². The van der Waals surface area contributed by atoms with E-state index in [1.807, 2.05) is 17.5 Å². The van der Waals surface area contributed by atoms with Crippen molar-refractivity contribution in [3.05, 3.63) is 40.3 Å². The maximum atomic E-state index is 12.2. The molecule has 0 amide bonds. The molecule has 2 aromatic rings. The molecule has 2 heterocycles. The van der Waals surface area contributed by atoms with Crippen molar-refractivity contribution in [2.45, 2.75) is 24.8 Å². The quantitative estimate of drug-likeness (QED) is 0.811. The molecule has 0 aliphatic heterocycles. The lowest BCUT2D eigenvalue weighted by molar-refractivity contribution is 0.0685. The summed E-state index contributed by atoms with van der Waals surface area (Å²) in [7, 11) is -3.69. The van der Waals surface area contributed by atoms with Crippen molar-refractivity contribution in [3.63, 3.8) is 0 Å². The van der Waals surface area contributed by atoms with E-state index in [-0.39, 0.29) is 17.1 Å². The predicted molar refractivity (Wildman–Crippen MR) is 80.3 cm³/mol. The Morgan fingerprint density at radius 1 is 1.48 bits per heavy atom. The molecule has 2 rings (SSSR count). The highest BCUT2D eigenvalue weighted by atomic mass is 32.2. The molecule has 6 nitrogen and oxygen atoms in total. The summed E-state index contributed by atoms with van der Waals surface area (Å²) in [6, 6.07) is 5.03. The van der Waals surface area contributed by atoms with Gasteiger partial charge in [-0.3, -0.25) is 0 Å². The fraction of sp³-hybridized carbons (Fsp3) is 0.308. The molecule has 2 aromatic heterocycles. The minimum Gasteiger partial charge on any atom is -0.477 e. The van der Waals surface area contributed by atoms with Gasteiger partial charge in [0.15, 0.2) is 0 Å². The average molecular weight is 328 g/mol. The number of aromatic nitrogens is 1. The fourth-order valence-corrected chi connectivity index (χ4v) is 3.70. The molecular formula is C13H16N2O4S2. The summed E-state index contributed by atoms with van der Waals surface area (Å²) in [5.41, 5.74) is -0.0314. The highest BCUT2D eigenvalue weighted by Gasteiger charge is 2.20. The number of sulfonamides is 1. The second-order valence-electron chi connectivity index (χ2n) is 4.38. The third kappa shape index (κ3) is 3.72. The van der Waals surface area contributed by atoms with E-state index in [9.17, 15) is 13.2 Å². The average Bonchev–Trinajstić information content (AvgIpc) is 3.07. The van der Waals surface area contributed by atoms with Crippen molar-refractivity contribution in [2.24, 2.45) is 0 Å². The van der Waals surface area contributed by atoms with Crippen LogP contribution < -0.4 is 4.72 Å². The molecule has 0 saturated carbocycles. The number of hydrogen-bond acceptors (Lipinski definition) is 4. The molecule has 114 valence electrons. The van der Waals surface area contributed by atoms with Gasteiger partial charge in [-0.05, 0) is 30.9 Å². The Balaban J connectivity index is 2.10. The molecule has 0 aliphatic carbocycles. The summed E-state index contributed by atoms with van der Waals surface area (Å²) in [6.07, 6.45) is 1.95. The van der Waals surface area contributed by atoms with Gasteiger partial charge in [-0.1, -0.05) is 6.07 Å². The molecule has 8 heteroatoms. The van der Waals surface area contributed by atoms with Crippen molar-refractivity contribution < 1.29 is 18.3 Å². The number of thiophene rings is 1. The predicted octanol–water partition coefficient (Wildman–Crippen LogP) is 1.79.